The zero-order valence-corrected chi connectivity index (χ0v) is 36.6. The minimum absolute atomic E-state index is 0.0297. The molecule has 65 heavy (non-hydrogen) atoms. The Kier molecular flexibility index (Phi) is 13.8. The molecule has 0 aliphatic carbocycles. The third kappa shape index (κ3) is 10.1. The molecule has 4 aliphatic heterocycles. The molecule has 4 atom stereocenters. The predicted octanol–water partition coefficient (Wildman–Crippen LogP) is 6.50. The average Bonchev–Trinajstić information content (AvgIpc) is 3.65. The first-order valence-corrected chi connectivity index (χ1v) is 22.6. The Labute approximate surface area is 372 Å². The van der Waals surface area contributed by atoms with Gasteiger partial charge in [0.15, 0.2) is 11.3 Å². The number of pyridine rings is 1. The Bertz CT molecular complexity index is 2500. The molecule has 0 unspecified atom stereocenters. The first-order chi connectivity index (χ1) is 31.3. The Morgan fingerprint density at radius 2 is 1.69 bits per heavy atom. The van der Waals surface area contributed by atoms with Gasteiger partial charge in [-0.15, -0.1) is 0 Å². The third-order valence-electron chi connectivity index (χ3n) is 11.9. The SMILES string of the molecule is CC1=NO[C@@]2(CC[C@H](C)N3C[C@H]2n2cc(C(=O)NCc4ccc(F)cc4F)c(=O)c(OCOC(=O)N4CCOC[C@@H]4COP(=O)(OCc4ccccc4)OCc4ccccc4)c2C3=O)C1. The Hall–Kier alpha value is -5.98. The molecule has 3 amide bonds. The van der Waals surface area contributed by atoms with Crippen molar-refractivity contribution in [2.24, 2.45) is 5.16 Å². The highest BCUT2D eigenvalue weighted by atomic mass is 31.2. The van der Waals surface area contributed by atoms with Crippen molar-refractivity contribution in [2.45, 2.75) is 76.6 Å². The van der Waals surface area contributed by atoms with Gasteiger partial charge in [-0.1, -0.05) is 71.9 Å². The van der Waals surface area contributed by atoms with Gasteiger partial charge >= 0.3 is 13.9 Å². The number of phosphoric ester groups is 1. The molecule has 0 saturated carbocycles. The molecule has 1 spiro atoms. The fraction of sp³-hybridized carbons (Fsp3) is 0.400. The lowest BCUT2D eigenvalue weighted by Gasteiger charge is -2.42. The topological polar surface area (TPSA) is 186 Å². The summed E-state index contributed by atoms with van der Waals surface area (Å²) in [6.45, 7) is 2.21. The monoisotopic (exact) mass is 919 g/mol. The molecular formula is C45H48F2N5O12P. The number of oxime groups is 1. The van der Waals surface area contributed by atoms with Crippen LogP contribution in [0.2, 0.25) is 0 Å². The summed E-state index contributed by atoms with van der Waals surface area (Å²) in [4.78, 5) is 65.2. The van der Waals surface area contributed by atoms with E-state index in [0.29, 0.717) is 25.3 Å². The van der Waals surface area contributed by atoms with Crippen molar-refractivity contribution < 1.29 is 60.3 Å². The second-order valence-corrected chi connectivity index (χ2v) is 17.9. The number of ether oxygens (including phenoxy) is 3. The summed E-state index contributed by atoms with van der Waals surface area (Å²) in [6, 6.07) is 19.2. The van der Waals surface area contributed by atoms with Gasteiger partial charge in [-0.2, -0.15) is 0 Å². The molecule has 4 aliphatic rings. The van der Waals surface area contributed by atoms with E-state index >= 15 is 0 Å². The number of phosphoric acid groups is 1. The van der Waals surface area contributed by atoms with Gasteiger partial charge in [0, 0.05) is 49.9 Å². The number of carbonyl (C=O) groups excluding carboxylic acids is 3. The van der Waals surface area contributed by atoms with Crippen LogP contribution in [-0.2, 0) is 52.2 Å². The Morgan fingerprint density at radius 3 is 2.35 bits per heavy atom. The highest BCUT2D eigenvalue weighted by molar-refractivity contribution is 7.48. The van der Waals surface area contributed by atoms with E-state index in [1.165, 1.54) is 21.7 Å². The lowest BCUT2D eigenvalue weighted by atomic mass is 9.84. The number of aromatic nitrogens is 1. The molecule has 2 saturated heterocycles. The van der Waals surface area contributed by atoms with Crippen molar-refractivity contribution in [3.05, 3.63) is 135 Å². The molecule has 1 aromatic heterocycles. The molecule has 0 radical (unpaired) electrons. The second-order valence-electron chi connectivity index (χ2n) is 16.3. The van der Waals surface area contributed by atoms with E-state index in [-0.39, 0.29) is 63.4 Å². The van der Waals surface area contributed by atoms with Gasteiger partial charge in [0.05, 0.1) is 50.8 Å². The van der Waals surface area contributed by atoms with E-state index in [0.717, 1.165) is 22.9 Å². The van der Waals surface area contributed by atoms with Crippen molar-refractivity contribution in [3.8, 4) is 5.75 Å². The summed E-state index contributed by atoms with van der Waals surface area (Å²) in [5.74, 6) is -3.76. The molecule has 20 heteroatoms. The van der Waals surface area contributed by atoms with Crippen molar-refractivity contribution in [3.63, 3.8) is 0 Å². The van der Waals surface area contributed by atoms with Gasteiger partial charge in [0.2, 0.25) is 18.0 Å². The molecule has 3 aromatic carbocycles. The van der Waals surface area contributed by atoms with Crippen molar-refractivity contribution in [1.82, 2.24) is 19.7 Å². The van der Waals surface area contributed by atoms with Gasteiger partial charge in [-0.3, -0.25) is 32.9 Å². The van der Waals surface area contributed by atoms with E-state index < -0.39 is 85.1 Å². The smallest absolute Gasteiger partial charge is 0.451 e. The van der Waals surface area contributed by atoms with Crippen LogP contribution in [0.3, 0.4) is 0 Å². The molecular weight excluding hydrogens is 871 g/mol. The highest BCUT2D eigenvalue weighted by Gasteiger charge is 2.54. The number of benzene rings is 3. The van der Waals surface area contributed by atoms with E-state index in [4.69, 9.17) is 32.6 Å². The van der Waals surface area contributed by atoms with Crippen LogP contribution in [0, 0.1) is 11.6 Å². The van der Waals surface area contributed by atoms with Crippen molar-refractivity contribution in [1.29, 1.82) is 0 Å². The Morgan fingerprint density at radius 1 is 0.985 bits per heavy atom. The number of carbonyl (C=O) groups is 3. The molecule has 2 fully saturated rings. The molecule has 8 rings (SSSR count). The minimum Gasteiger partial charge on any atom is -0.451 e. The van der Waals surface area contributed by atoms with Crippen LogP contribution in [0.25, 0.3) is 0 Å². The largest absolute Gasteiger partial charge is 0.475 e. The van der Waals surface area contributed by atoms with Crippen LogP contribution in [0.5, 0.6) is 5.75 Å². The van der Waals surface area contributed by atoms with Gasteiger partial charge < -0.3 is 33.8 Å². The van der Waals surface area contributed by atoms with E-state index in [2.05, 4.69) is 10.5 Å². The van der Waals surface area contributed by atoms with Crippen LogP contribution in [0.1, 0.15) is 76.7 Å². The molecule has 5 heterocycles. The minimum atomic E-state index is -4.24. The van der Waals surface area contributed by atoms with Crippen LogP contribution in [0.4, 0.5) is 13.6 Å². The number of rotatable bonds is 15. The number of halogens is 2. The maximum atomic E-state index is 14.5. The highest BCUT2D eigenvalue weighted by Crippen LogP contribution is 2.51. The molecule has 1 N–H and O–H groups in total. The summed E-state index contributed by atoms with van der Waals surface area (Å²) >= 11 is 0. The summed E-state index contributed by atoms with van der Waals surface area (Å²) in [7, 11) is -4.24. The second kappa shape index (κ2) is 19.6. The zero-order valence-electron chi connectivity index (χ0n) is 35.7. The number of hydrogen-bond donors (Lipinski definition) is 1. The van der Waals surface area contributed by atoms with Crippen LogP contribution in [-0.4, -0.2) is 95.4 Å². The third-order valence-corrected chi connectivity index (χ3v) is 13.2. The lowest BCUT2D eigenvalue weighted by molar-refractivity contribution is -0.0659. The molecule has 4 aromatic rings. The Balaban J connectivity index is 1.02. The van der Waals surface area contributed by atoms with Crippen molar-refractivity contribution in [2.75, 3.05) is 39.7 Å². The average molecular weight is 920 g/mol. The maximum absolute atomic E-state index is 14.5. The maximum Gasteiger partial charge on any atom is 0.475 e. The fourth-order valence-electron chi connectivity index (χ4n) is 8.34. The summed E-state index contributed by atoms with van der Waals surface area (Å²) in [5, 5.41) is 6.75. The van der Waals surface area contributed by atoms with E-state index in [9.17, 15) is 32.5 Å². The molecule has 344 valence electrons. The number of amides is 3. The zero-order chi connectivity index (χ0) is 45.7. The quantitative estimate of drug-likeness (QED) is 0.101. The van der Waals surface area contributed by atoms with Gasteiger partial charge in [-0.05, 0) is 43.9 Å². The number of morpholine rings is 1. The first kappa shape index (κ1) is 45.6. The summed E-state index contributed by atoms with van der Waals surface area (Å²) in [6.07, 6.45) is 1.79. The number of nitrogens with zero attached hydrogens (tertiary/aromatic N) is 4. The summed E-state index contributed by atoms with van der Waals surface area (Å²) in [5.41, 5.74) is -0.458. The fourth-order valence-corrected chi connectivity index (χ4v) is 9.53. The molecule has 17 nitrogen and oxygen atoms in total. The molecule has 2 bridgehead atoms. The number of nitrogens with one attached hydrogen (secondary N) is 1. The van der Waals surface area contributed by atoms with E-state index in [1.54, 1.807) is 53.4 Å². The van der Waals surface area contributed by atoms with Crippen LogP contribution >= 0.6 is 7.82 Å². The van der Waals surface area contributed by atoms with Gasteiger partial charge in [-0.25, -0.2) is 18.1 Å². The van der Waals surface area contributed by atoms with Gasteiger partial charge in [0.1, 0.15) is 17.2 Å². The normalized spacial score (nSPS) is 21.6. The van der Waals surface area contributed by atoms with E-state index in [1.807, 2.05) is 26.0 Å². The lowest BCUT2D eigenvalue weighted by Crippen LogP contribution is -2.52. The van der Waals surface area contributed by atoms with Crippen LogP contribution in [0.15, 0.2) is 95.0 Å². The number of fused-ring (bicyclic) bond motifs is 5. The van der Waals surface area contributed by atoms with Gasteiger partial charge in [0.25, 0.3) is 11.8 Å². The summed E-state index contributed by atoms with van der Waals surface area (Å²) < 4.78 is 78.0. The standard InChI is InChI=1S/C45H48F2N5O12P/c1-29-20-45(64-49-29)16-15-30(2)51-23-38(45)52-22-36(42(54)48-21-33-13-14-34(46)19-37(33)47)40(53)41(39(52)43(51)55)59-28-60-44(56)50-17-18-58-26-35(50)27-63-65(57,61-24-31-9-5-3-6-10-31)62-25-32-11-7-4-8-12-32/h3-14,19,22,30,35,38H,15-18,20-21,23-28H2,1-2H3,(H,48,54)/t30-,35+,38+,45-/m0/s1. The number of hydrogen-bond acceptors (Lipinski definition) is 13. The van der Waals surface area contributed by atoms with Crippen molar-refractivity contribution >= 4 is 31.4 Å². The van der Waals surface area contributed by atoms with Crippen LogP contribution < -0.4 is 15.5 Å². The first-order valence-electron chi connectivity index (χ1n) is 21.1. The predicted molar refractivity (Wildman–Crippen MR) is 228 cm³/mol.